The van der Waals surface area contributed by atoms with E-state index in [0.717, 1.165) is 5.56 Å². The van der Waals surface area contributed by atoms with Crippen LogP contribution in [0.4, 0.5) is 0 Å². The fourth-order valence-electron chi connectivity index (χ4n) is 1.65. The molecule has 18 heavy (non-hydrogen) atoms. The van der Waals surface area contributed by atoms with E-state index in [1.54, 1.807) is 19.2 Å². The second-order valence-corrected chi connectivity index (χ2v) is 7.09. The topological polar surface area (TPSA) is 63.4 Å². The van der Waals surface area contributed by atoms with Crippen LogP contribution >= 0.6 is 11.6 Å². The molecule has 2 N–H and O–H groups in total. The smallest absolute Gasteiger partial charge is 0.242 e. The summed E-state index contributed by atoms with van der Waals surface area (Å²) >= 11 is 5.98. The highest BCUT2D eigenvalue weighted by Crippen LogP contribution is 2.22. The van der Waals surface area contributed by atoms with Crippen molar-refractivity contribution in [2.75, 3.05) is 13.6 Å². The third-order valence-corrected chi connectivity index (χ3v) is 4.75. The Morgan fingerprint density at radius 3 is 2.44 bits per heavy atom. The lowest BCUT2D eigenvalue weighted by Crippen LogP contribution is -2.30. The van der Waals surface area contributed by atoms with Gasteiger partial charge < -0.3 is 5.73 Å². The zero-order valence-electron chi connectivity index (χ0n) is 10.9. The van der Waals surface area contributed by atoms with Gasteiger partial charge >= 0.3 is 0 Å². The number of hydrogen-bond acceptors (Lipinski definition) is 3. The van der Waals surface area contributed by atoms with Crippen molar-refractivity contribution in [3.63, 3.8) is 0 Å². The number of benzene rings is 1. The standard InChI is InChI=1S/C12H19ClN2O2S/c1-9(2)8-15(3)18(16,17)11-5-4-10(7-14)12(13)6-11/h4-6,9H,7-8,14H2,1-3H3. The van der Waals surface area contributed by atoms with Crippen LogP contribution in [-0.2, 0) is 16.6 Å². The lowest BCUT2D eigenvalue weighted by molar-refractivity contribution is 0.417. The van der Waals surface area contributed by atoms with Crippen molar-refractivity contribution >= 4 is 21.6 Å². The van der Waals surface area contributed by atoms with Gasteiger partial charge in [-0.15, -0.1) is 0 Å². The lowest BCUT2D eigenvalue weighted by atomic mass is 10.2. The summed E-state index contributed by atoms with van der Waals surface area (Å²) < 4.78 is 25.8. The first-order chi connectivity index (χ1) is 8.28. The minimum absolute atomic E-state index is 0.202. The van der Waals surface area contributed by atoms with Crippen molar-refractivity contribution in [1.82, 2.24) is 4.31 Å². The van der Waals surface area contributed by atoms with Crippen LogP contribution in [0.3, 0.4) is 0 Å². The largest absolute Gasteiger partial charge is 0.326 e. The second-order valence-electron chi connectivity index (χ2n) is 4.64. The monoisotopic (exact) mass is 290 g/mol. The predicted octanol–water partition coefficient (Wildman–Crippen LogP) is 2.08. The third kappa shape index (κ3) is 3.45. The van der Waals surface area contributed by atoms with E-state index < -0.39 is 10.0 Å². The first-order valence-electron chi connectivity index (χ1n) is 5.74. The van der Waals surface area contributed by atoms with Gasteiger partial charge in [-0.05, 0) is 23.6 Å². The molecule has 0 aromatic heterocycles. The van der Waals surface area contributed by atoms with E-state index in [0.29, 0.717) is 18.1 Å². The van der Waals surface area contributed by atoms with Crippen LogP contribution in [0.15, 0.2) is 23.1 Å². The number of hydrogen-bond donors (Lipinski definition) is 1. The molecular formula is C12H19ClN2O2S. The van der Waals surface area contributed by atoms with Crippen molar-refractivity contribution in [2.45, 2.75) is 25.3 Å². The van der Waals surface area contributed by atoms with Gasteiger partial charge in [-0.25, -0.2) is 12.7 Å². The average molecular weight is 291 g/mol. The normalized spacial score (nSPS) is 12.4. The zero-order chi connectivity index (χ0) is 13.9. The Morgan fingerprint density at radius 2 is 2.00 bits per heavy atom. The number of nitrogens with two attached hydrogens (primary N) is 1. The van der Waals surface area contributed by atoms with E-state index in [-0.39, 0.29) is 10.8 Å². The van der Waals surface area contributed by atoms with Crippen LogP contribution in [0.5, 0.6) is 0 Å². The Labute approximate surface area is 114 Å². The van der Waals surface area contributed by atoms with E-state index in [2.05, 4.69) is 0 Å². The summed E-state index contributed by atoms with van der Waals surface area (Å²) in [5.41, 5.74) is 6.23. The van der Waals surface area contributed by atoms with Crippen molar-refractivity contribution in [2.24, 2.45) is 11.7 Å². The first-order valence-corrected chi connectivity index (χ1v) is 7.55. The molecule has 102 valence electrons. The van der Waals surface area contributed by atoms with Crippen molar-refractivity contribution < 1.29 is 8.42 Å². The molecule has 0 unspecified atom stereocenters. The summed E-state index contributed by atoms with van der Waals surface area (Å²) in [5, 5.41) is 0.386. The zero-order valence-corrected chi connectivity index (χ0v) is 12.4. The molecule has 1 aromatic carbocycles. The Kier molecular flexibility index (Phi) is 5.16. The molecule has 0 aliphatic rings. The molecule has 0 bridgehead atoms. The molecule has 0 aliphatic heterocycles. The summed E-state index contributed by atoms with van der Waals surface area (Å²) in [5.74, 6) is 0.267. The highest BCUT2D eigenvalue weighted by atomic mass is 35.5. The van der Waals surface area contributed by atoms with Gasteiger partial charge in [-0.2, -0.15) is 0 Å². The minimum atomic E-state index is -3.47. The van der Waals surface area contributed by atoms with Gasteiger partial charge in [0.2, 0.25) is 10.0 Å². The molecule has 0 saturated carbocycles. The SMILES string of the molecule is CC(C)CN(C)S(=O)(=O)c1ccc(CN)c(Cl)c1. The number of halogens is 1. The van der Waals surface area contributed by atoms with Crippen molar-refractivity contribution in [3.05, 3.63) is 28.8 Å². The predicted molar refractivity (Wildman–Crippen MR) is 74.0 cm³/mol. The molecule has 0 radical (unpaired) electrons. The maximum Gasteiger partial charge on any atom is 0.242 e. The molecule has 0 heterocycles. The van der Waals surface area contributed by atoms with E-state index in [1.165, 1.54) is 10.4 Å². The molecule has 0 atom stereocenters. The Hall–Kier alpha value is -0.620. The lowest BCUT2D eigenvalue weighted by Gasteiger charge is -2.19. The highest BCUT2D eigenvalue weighted by Gasteiger charge is 2.22. The summed E-state index contributed by atoms with van der Waals surface area (Å²) in [7, 11) is -1.90. The quantitative estimate of drug-likeness (QED) is 0.903. The minimum Gasteiger partial charge on any atom is -0.326 e. The molecule has 0 saturated heterocycles. The summed E-state index contributed by atoms with van der Waals surface area (Å²) in [6.45, 7) is 4.70. The van der Waals surface area contributed by atoms with Crippen LogP contribution in [0.1, 0.15) is 19.4 Å². The summed E-state index contributed by atoms with van der Waals surface area (Å²) in [4.78, 5) is 0.202. The van der Waals surface area contributed by atoms with Crippen LogP contribution in [-0.4, -0.2) is 26.3 Å². The summed E-state index contributed by atoms with van der Waals surface area (Å²) in [6, 6.07) is 4.65. The van der Waals surface area contributed by atoms with E-state index in [1.807, 2.05) is 13.8 Å². The van der Waals surface area contributed by atoms with Gasteiger partial charge in [-0.1, -0.05) is 31.5 Å². The van der Waals surface area contributed by atoms with E-state index in [4.69, 9.17) is 17.3 Å². The maximum absolute atomic E-state index is 12.3. The number of nitrogens with zero attached hydrogens (tertiary/aromatic N) is 1. The van der Waals surface area contributed by atoms with Gasteiger partial charge in [0.1, 0.15) is 0 Å². The van der Waals surface area contributed by atoms with Crippen molar-refractivity contribution in [3.8, 4) is 0 Å². The Bertz CT molecular complexity index is 515. The summed E-state index contributed by atoms with van der Waals surface area (Å²) in [6.07, 6.45) is 0. The second kappa shape index (κ2) is 6.02. The van der Waals surface area contributed by atoms with Gasteiger partial charge in [0, 0.05) is 25.2 Å². The van der Waals surface area contributed by atoms with Crippen LogP contribution < -0.4 is 5.73 Å². The van der Waals surface area contributed by atoms with E-state index in [9.17, 15) is 8.42 Å². The fourth-order valence-corrected chi connectivity index (χ4v) is 3.33. The molecule has 0 fully saturated rings. The molecule has 6 heteroatoms. The van der Waals surface area contributed by atoms with Gasteiger partial charge in [-0.3, -0.25) is 0 Å². The Balaban J connectivity index is 3.09. The van der Waals surface area contributed by atoms with Crippen LogP contribution in [0.2, 0.25) is 5.02 Å². The first kappa shape index (κ1) is 15.4. The van der Waals surface area contributed by atoms with Gasteiger partial charge in [0.15, 0.2) is 0 Å². The van der Waals surface area contributed by atoms with E-state index >= 15 is 0 Å². The maximum atomic E-state index is 12.3. The number of sulfonamides is 1. The molecule has 4 nitrogen and oxygen atoms in total. The van der Waals surface area contributed by atoms with Gasteiger partial charge in [0.25, 0.3) is 0 Å². The number of rotatable bonds is 5. The molecular weight excluding hydrogens is 272 g/mol. The Morgan fingerprint density at radius 1 is 1.39 bits per heavy atom. The fraction of sp³-hybridized carbons (Fsp3) is 0.500. The average Bonchev–Trinajstić information content (AvgIpc) is 2.27. The van der Waals surface area contributed by atoms with Crippen LogP contribution in [0.25, 0.3) is 0 Å². The van der Waals surface area contributed by atoms with Crippen molar-refractivity contribution in [1.29, 1.82) is 0 Å². The molecule has 0 amide bonds. The molecule has 1 rings (SSSR count). The third-order valence-electron chi connectivity index (χ3n) is 2.57. The van der Waals surface area contributed by atoms with Gasteiger partial charge in [0.05, 0.1) is 4.90 Å². The highest BCUT2D eigenvalue weighted by molar-refractivity contribution is 7.89. The molecule has 0 aliphatic carbocycles. The molecule has 1 aromatic rings. The molecule has 0 spiro atoms. The van der Waals surface area contributed by atoms with Crippen LogP contribution in [0, 0.1) is 5.92 Å².